The number of halogens is 4. The molecule has 0 spiro atoms. The Morgan fingerprint density at radius 2 is 1.13 bits per heavy atom. The van der Waals surface area contributed by atoms with E-state index >= 15 is 0 Å². The maximum Gasteiger partial charge on any atom is 0.153 e. The molecule has 0 unspecified atom stereocenters. The molecule has 2 N–H and O–H groups in total. The highest BCUT2D eigenvalue weighted by Gasteiger charge is 2.11. The van der Waals surface area contributed by atoms with Gasteiger partial charge in [0.15, 0.2) is 11.6 Å². The van der Waals surface area contributed by atoms with E-state index in [9.17, 15) is 17.6 Å². The van der Waals surface area contributed by atoms with Crippen LogP contribution in [-0.2, 0) is 0 Å². The summed E-state index contributed by atoms with van der Waals surface area (Å²) < 4.78 is 51.6. The molecule has 0 saturated carbocycles. The quantitative estimate of drug-likeness (QED) is 0.318. The van der Waals surface area contributed by atoms with Crippen molar-refractivity contribution in [2.45, 2.75) is 54.4 Å². The molecule has 2 heterocycles. The number of nitrogens with one attached hydrogen (secondary N) is 2. The van der Waals surface area contributed by atoms with Crippen LogP contribution in [0.3, 0.4) is 0 Å². The number of imidazole rings is 2. The molecule has 4 aromatic rings. The molecule has 0 aliphatic rings. The Bertz CT molecular complexity index is 1080. The number of aromatic amines is 2. The van der Waals surface area contributed by atoms with Crippen molar-refractivity contribution in [3.8, 4) is 0 Å². The Labute approximate surface area is 173 Å². The zero-order chi connectivity index (χ0) is 23.0. The standard InChI is InChI=1S/C10H10F2N2.C8H6F2N2.2C2H6/c1-5(2)10-13-8-4-6(11)3-7(12)9(8)14-10;1-4-11-7-3-5(9)2-6(10)8(7)12-4;2*1-2/h3-5H,1-2H3,(H,13,14);2-3H,1H3,(H,11,12);2*1-2H3. The van der Waals surface area contributed by atoms with Crippen molar-refractivity contribution < 1.29 is 17.6 Å². The zero-order valence-electron chi connectivity index (χ0n) is 18.3. The van der Waals surface area contributed by atoms with Gasteiger partial charge in [-0.3, -0.25) is 0 Å². The van der Waals surface area contributed by atoms with Gasteiger partial charge in [0.05, 0.1) is 11.0 Å². The highest BCUT2D eigenvalue weighted by Crippen LogP contribution is 2.20. The van der Waals surface area contributed by atoms with E-state index in [1.807, 2.05) is 41.5 Å². The summed E-state index contributed by atoms with van der Waals surface area (Å²) >= 11 is 0. The predicted octanol–water partition coefficient (Wildman–Crippen LogP) is 7.17. The summed E-state index contributed by atoms with van der Waals surface area (Å²) in [7, 11) is 0. The highest BCUT2D eigenvalue weighted by atomic mass is 19.1. The molecule has 2 aromatic carbocycles. The molecule has 4 nitrogen and oxygen atoms in total. The van der Waals surface area contributed by atoms with Gasteiger partial charge in [-0.05, 0) is 19.1 Å². The Hall–Kier alpha value is -2.90. The number of hydrogen-bond acceptors (Lipinski definition) is 2. The third-order valence-electron chi connectivity index (χ3n) is 3.69. The molecule has 0 saturated heterocycles. The molecule has 4 rings (SSSR count). The summed E-state index contributed by atoms with van der Waals surface area (Å²) in [4.78, 5) is 13.5. The Morgan fingerprint density at radius 3 is 1.60 bits per heavy atom. The normalized spacial score (nSPS) is 10.1. The fourth-order valence-electron chi connectivity index (χ4n) is 2.50. The summed E-state index contributed by atoms with van der Waals surface area (Å²) in [6.45, 7) is 13.6. The van der Waals surface area contributed by atoms with Crippen molar-refractivity contribution in [1.82, 2.24) is 19.9 Å². The van der Waals surface area contributed by atoms with Gasteiger partial charge in [-0.25, -0.2) is 27.5 Å². The van der Waals surface area contributed by atoms with E-state index in [1.165, 1.54) is 12.1 Å². The fourth-order valence-corrected chi connectivity index (χ4v) is 2.50. The summed E-state index contributed by atoms with van der Waals surface area (Å²) in [6, 6.07) is 4.13. The monoisotopic (exact) mass is 424 g/mol. The lowest BCUT2D eigenvalue weighted by molar-refractivity contribution is 0.590. The number of rotatable bonds is 1. The van der Waals surface area contributed by atoms with Gasteiger partial charge in [-0.2, -0.15) is 0 Å². The van der Waals surface area contributed by atoms with Crippen molar-refractivity contribution >= 4 is 22.1 Å². The second-order valence-corrected chi connectivity index (χ2v) is 6.17. The number of nitrogens with zero attached hydrogens (tertiary/aromatic N) is 2. The van der Waals surface area contributed by atoms with E-state index in [2.05, 4.69) is 19.9 Å². The molecule has 0 aliphatic carbocycles. The van der Waals surface area contributed by atoms with E-state index < -0.39 is 23.3 Å². The van der Waals surface area contributed by atoms with Gasteiger partial charge in [0.2, 0.25) is 0 Å². The zero-order valence-corrected chi connectivity index (χ0v) is 18.3. The summed E-state index contributed by atoms with van der Waals surface area (Å²) in [6.07, 6.45) is 0. The SMILES string of the molecule is CC.CC.CC(C)c1nc2c(F)cc(F)cc2[nH]1.Cc1nc2c(F)cc(F)cc2[nH]1. The highest BCUT2D eigenvalue weighted by molar-refractivity contribution is 5.76. The molecule has 30 heavy (non-hydrogen) atoms. The van der Waals surface area contributed by atoms with Gasteiger partial charge in [-0.15, -0.1) is 0 Å². The summed E-state index contributed by atoms with van der Waals surface area (Å²) in [5.74, 6) is -1.01. The van der Waals surface area contributed by atoms with E-state index in [0.717, 1.165) is 12.1 Å². The number of H-pyrrole nitrogens is 2. The molecular weight excluding hydrogens is 396 g/mol. The van der Waals surface area contributed by atoms with Crippen LogP contribution in [0, 0.1) is 30.2 Å². The third-order valence-corrected chi connectivity index (χ3v) is 3.69. The van der Waals surface area contributed by atoms with Crippen LogP contribution in [0.4, 0.5) is 17.6 Å². The lowest BCUT2D eigenvalue weighted by atomic mass is 10.2. The molecule has 164 valence electrons. The number of benzene rings is 2. The number of fused-ring (bicyclic) bond motifs is 2. The first-order chi connectivity index (χ1) is 14.2. The van der Waals surface area contributed by atoms with Gasteiger partial charge in [0.25, 0.3) is 0 Å². The van der Waals surface area contributed by atoms with Crippen LogP contribution >= 0.6 is 0 Å². The molecule has 0 atom stereocenters. The van der Waals surface area contributed by atoms with Gasteiger partial charge < -0.3 is 9.97 Å². The van der Waals surface area contributed by atoms with Crippen LogP contribution in [-0.4, -0.2) is 19.9 Å². The maximum absolute atomic E-state index is 13.2. The lowest BCUT2D eigenvalue weighted by Crippen LogP contribution is -1.88. The van der Waals surface area contributed by atoms with Crippen LogP contribution < -0.4 is 0 Å². The van der Waals surface area contributed by atoms with Crippen LogP contribution in [0.5, 0.6) is 0 Å². The molecule has 2 aromatic heterocycles. The van der Waals surface area contributed by atoms with Crippen LogP contribution in [0.15, 0.2) is 24.3 Å². The number of hydrogen-bond donors (Lipinski definition) is 2. The second kappa shape index (κ2) is 11.3. The van der Waals surface area contributed by atoms with Crippen LogP contribution in [0.1, 0.15) is 59.1 Å². The maximum atomic E-state index is 13.2. The lowest BCUT2D eigenvalue weighted by Gasteiger charge is -1.95. The van der Waals surface area contributed by atoms with Crippen molar-refractivity contribution in [3.63, 3.8) is 0 Å². The third kappa shape index (κ3) is 6.05. The number of aromatic nitrogens is 4. The van der Waals surface area contributed by atoms with Gasteiger partial charge >= 0.3 is 0 Å². The predicted molar refractivity (Wildman–Crippen MR) is 114 cm³/mol. The fraction of sp³-hybridized carbons (Fsp3) is 0.364. The van der Waals surface area contributed by atoms with Crippen molar-refractivity contribution in [1.29, 1.82) is 0 Å². The Morgan fingerprint density at radius 1 is 0.700 bits per heavy atom. The van der Waals surface area contributed by atoms with Crippen LogP contribution in [0.25, 0.3) is 22.1 Å². The minimum absolute atomic E-state index is 0.171. The van der Waals surface area contributed by atoms with Crippen molar-refractivity contribution in [2.24, 2.45) is 0 Å². The smallest absolute Gasteiger partial charge is 0.153 e. The first kappa shape index (κ1) is 25.1. The minimum atomic E-state index is -0.630. The van der Waals surface area contributed by atoms with E-state index in [4.69, 9.17) is 0 Å². The minimum Gasteiger partial charge on any atom is -0.342 e. The van der Waals surface area contributed by atoms with Gasteiger partial charge in [-0.1, -0.05) is 41.5 Å². The topological polar surface area (TPSA) is 57.4 Å². The molecule has 0 amide bonds. The molecule has 0 fully saturated rings. The van der Waals surface area contributed by atoms with Gasteiger partial charge in [0.1, 0.15) is 34.3 Å². The van der Waals surface area contributed by atoms with Crippen LogP contribution in [0.2, 0.25) is 0 Å². The second-order valence-electron chi connectivity index (χ2n) is 6.17. The average Bonchev–Trinajstić information content (AvgIpc) is 3.29. The summed E-state index contributed by atoms with van der Waals surface area (Å²) in [5, 5.41) is 0. The number of aryl methyl sites for hydroxylation is 1. The first-order valence-corrected chi connectivity index (χ1v) is 9.90. The van der Waals surface area contributed by atoms with Crippen molar-refractivity contribution in [3.05, 3.63) is 59.2 Å². The van der Waals surface area contributed by atoms with Crippen molar-refractivity contribution in [2.75, 3.05) is 0 Å². The van der Waals surface area contributed by atoms with E-state index in [1.54, 1.807) is 6.92 Å². The average molecular weight is 424 g/mol. The van der Waals surface area contributed by atoms with Gasteiger partial charge in [0, 0.05) is 18.1 Å². The molecule has 0 aliphatic heterocycles. The molecular formula is C22H28F4N4. The molecule has 0 radical (unpaired) electrons. The largest absolute Gasteiger partial charge is 0.342 e. The Kier molecular flexibility index (Phi) is 9.49. The van der Waals surface area contributed by atoms with E-state index in [-0.39, 0.29) is 17.0 Å². The first-order valence-electron chi connectivity index (χ1n) is 9.90. The van der Waals surface area contributed by atoms with E-state index in [0.29, 0.717) is 22.7 Å². The molecule has 8 heteroatoms. The summed E-state index contributed by atoms with van der Waals surface area (Å²) in [5.41, 5.74) is 1.19. The molecule has 0 bridgehead atoms. The Balaban J connectivity index is 0.000000260.